The van der Waals surface area contributed by atoms with Crippen LogP contribution in [0.25, 0.3) is 0 Å². The molecule has 4 heteroatoms. The molecule has 0 aliphatic carbocycles. The molecule has 0 spiro atoms. The Hall–Kier alpha value is -0.160. The van der Waals surface area contributed by atoms with Gasteiger partial charge in [-0.25, -0.2) is 0 Å². The third-order valence-electron chi connectivity index (χ3n) is 5.25. The Labute approximate surface area is 118 Å². The van der Waals surface area contributed by atoms with Crippen molar-refractivity contribution in [1.29, 1.82) is 0 Å². The zero-order valence-electron chi connectivity index (χ0n) is 13.1. The average molecular weight is 269 g/mol. The number of likely N-dealkylation sites (tertiary alicyclic amines) is 1. The summed E-state index contributed by atoms with van der Waals surface area (Å²) in [4.78, 5) is 5.20. The van der Waals surface area contributed by atoms with Crippen molar-refractivity contribution >= 4 is 0 Å². The highest BCUT2D eigenvalue weighted by Gasteiger charge is 2.37. The number of methoxy groups -OCH3 is 1. The first kappa shape index (κ1) is 15.2. The van der Waals surface area contributed by atoms with Crippen molar-refractivity contribution in [3.63, 3.8) is 0 Å². The summed E-state index contributed by atoms with van der Waals surface area (Å²) in [6.45, 7) is 7.41. The lowest BCUT2D eigenvalue weighted by Gasteiger charge is -2.37. The molecule has 0 saturated carbocycles. The second-order valence-electron chi connectivity index (χ2n) is 6.89. The van der Waals surface area contributed by atoms with E-state index in [1.165, 1.54) is 32.4 Å². The highest BCUT2D eigenvalue weighted by Crippen LogP contribution is 2.30. The number of nitrogens with zero attached hydrogens (tertiary/aromatic N) is 2. The second-order valence-corrected chi connectivity index (χ2v) is 6.89. The fraction of sp³-hybridized carbons (Fsp3) is 1.00. The van der Waals surface area contributed by atoms with Gasteiger partial charge < -0.3 is 10.5 Å². The summed E-state index contributed by atoms with van der Waals surface area (Å²) in [5.41, 5.74) is 5.96. The molecule has 3 atom stereocenters. The van der Waals surface area contributed by atoms with Crippen molar-refractivity contribution in [2.24, 2.45) is 5.73 Å². The molecule has 2 aliphatic rings. The SMILES string of the molecule is COC(C)(C)CC(CN)N1CCC2CCC(C1)N2C. The molecule has 2 saturated heterocycles. The summed E-state index contributed by atoms with van der Waals surface area (Å²) in [6, 6.07) is 1.97. The molecule has 2 heterocycles. The Kier molecular flexibility index (Phi) is 4.88. The summed E-state index contributed by atoms with van der Waals surface area (Å²) in [7, 11) is 4.09. The monoisotopic (exact) mass is 269 g/mol. The topological polar surface area (TPSA) is 41.7 Å². The normalized spacial score (nSPS) is 31.4. The van der Waals surface area contributed by atoms with Gasteiger partial charge in [-0.1, -0.05) is 0 Å². The maximum Gasteiger partial charge on any atom is 0.0638 e. The van der Waals surface area contributed by atoms with E-state index in [4.69, 9.17) is 10.5 Å². The molecule has 2 bridgehead atoms. The average Bonchev–Trinajstić information content (AvgIpc) is 2.61. The van der Waals surface area contributed by atoms with Crippen LogP contribution < -0.4 is 5.73 Å². The van der Waals surface area contributed by atoms with E-state index in [1.807, 2.05) is 0 Å². The van der Waals surface area contributed by atoms with Crippen LogP contribution in [0.4, 0.5) is 0 Å². The number of hydrogen-bond acceptors (Lipinski definition) is 4. The first-order valence-corrected chi connectivity index (χ1v) is 7.68. The third-order valence-corrected chi connectivity index (χ3v) is 5.25. The Morgan fingerprint density at radius 1 is 1.26 bits per heavy atom. The largest absolute Gasteiger partial charge is 0.379 e. The van der Waals surface area contributed by atoms with Crippen LogP contribution >= 0.6 is 0 Å². The van der Waals surface area contributed by atoms with Crippen LogP contribution in [0.5, 0.6) is 0 Å². The molecule has 0 radical (unpaired) electrons. The van der Waals surface area contributed by atoms with Crippen molar-refractivity contribution in [3.8, 4) is 0 Å². The zero-order valence-corrected chi connectivity index (χ0v) is 13.1. The van der Waals surface area contributed by atoms with Gasteiger partial charge in [-0.2, -0.15) is 0 Å². The van der Waals surface area contributed by atoms with Crippen LogP contribution in [0.3, 0.4) is 0 Å². The lowest BCUT2D eigenvalue weighted by molar-refractivity contribution is -0.00863. The van der Waals surface area contributed by atoms with Crippen molar-refractivity contribution in [2.45, 2.75) is 63.3 Å². The smallest absolute Gasteiger partial charge is 0.0638 e. The number of likely N-dealkylation sites (N-methyl/N-ethyl adjacent to an activating group) is 1. The number of hydrogen-bond donors (Lipinski definition) is 1. The maximum atomic E-state index is 6.04. The predicted molar refractivity (Wildman–Crippen MR) is 79.3 cm³/mol. The molecule has 3 unspecified atom stereocenters. The van der Waals surface area contributed by atoms with Crippen LogP contribution in [0.1, 0.15) is 39.5 Å². The molecule has 2 aliphatic heterocycles. The molecule has 0 aromatic rings. The van der Waals surface area contributed by atoms with Gasteiger partial charge in [0.05, 0.1) is 5.60 Å². The minimum Gasteiger partial charge on any atom is -0.379 e. The van der Waals surface area contributed by atoms with Gasteiger partial charge in [-0.3, -0.25) is 9.80 Å². The van der Waals surface area contributed by atoms with Crippen LogP contribution in [-0.2, 0) is 4.74 Å². The Morgan fingerprint density at radius 2 is 1.95 bits per heavy atom. The second kappa shape index (κ2) is 6.08. The van der Waals surface area contributed by atoms with Crippen molar-refractivity contribution in [1.82, 2.24) is 9.80 Å². The van der Waals surface area contributed by atoms with E-state index in [0.29, 0.717) is 6.04 Å². The minimum atomic E-state index is -0.0821. The van der Waals surface area contributed by atoms with Crippen molar-refractivity contribution in [2.75, 3.05) is 33.8 Å². The fourth-order valence-electron chi connectivity index (χ4n) is 3.68. The number of fused-ring (bicyclic) bond motifs is 2. The predicted octanol–water partition coefficient (Wildman–Crippen LogP) is 1.30. The molecule has 112 valence electrons. The number of ether oxygens (including phenoxy) is 1. The molecule has 4 nitrogen and oxygen atoms in total. The van der Waals surface area contributed by atoms with E-state index >= 15 is 0 Å². The van der Waals surface area contributed by atoms with Gasteiger partial charge in [0.15, 0.2) is 0 Å². The molecule has 2 fully saturated rings. The summed E-state index contributed by atoms with van der Waals surface area (Å²) >= 11 is 0. The number of rotatable bonds is 5. The van der Waals surface area contributed by atoms with E-state index < -0.39 is 0 Å². The zero-order chi connectivity index (χ0) is 14.0. The van der Waals surface area contributed by atoms with E-state index in [9.17, 15) is 0 Å². The summed E-state index contributed by atoms with van der Waals surface area (Å²) < 4.78 is 5.58. The highest BCUT2D eigenvalue weighted by atomic mass is 16.5. The molecular formula is C15H31N3O. The molecule has 0 aromatic heterocycles. The van der Waals surface area contributed by atoms with Gasteiger partial charge in [0.1, 0.15) is 0 Å². The standard InChI is InChI=1S/C15H31N3O/c1-15(2,19-4)9-14(10-16)18-8-7-12-5-6-13(11-18)17(12)3/h12-14H,5-11,16H2,1-4H3. The van der Waals surface area contributed by atoms with Gasteiger partial charge in [0.2, 0.25) is 0 Å². The van der Waals surface area contributed by atoms with E-state index in [0.717, 1.165) is 25.0 Å². The summed E-state index contributed by atoms with van der Waals surface area (Å²) in [5.74, 6) is 0. The minimum absolute atomic E-state index is 0.0821. The van der Waals surface area contributed by atoms with E-state index in [1.54, 1.807) is 7.11 Å². The van der Waals surface area contributed by atoms with E-state index in [-0.39, 0.29) is 5.60 Å². The first-order valence-electron chi connectivity index (χ1n) is 7.68. The summed E-state index contributed by atoms with van der Waals surface area (Å²) in [6.07, 6.45) is 5.03. The molecule has 0 amide bonds. The quantitative estimate of drug-likeness (QED) is 0.817. The molecule has 0 aromatic carbocycles. The Balaban J connectivity index is 1.99. The molecule has 19 heavy (non-hydrogen) atoms. The third kappa shape index (κ3) is 3.48. The van der Waals surface area contributed by atoms with Crippen LogP contribution in [0, 0.1) is 0 Å². The van der Waals surface area contributed by atoms with Crippen LogP contribution in [0.15, 0.2) is 0 Å². The highest BCUT2D eigenvalue weighted by molar-refractivity contribution is 4.93. The number of nitrogens with two attached hydrogens (primary N) is 1. The fourth-order valence-corrected chi connectivity index (χ4v) is 3.68. The van der Waals surface area contributed by atoms with Crippen LogP contribution in [0.2, 0.25) is 0 Å². The van der Waals surface area contributed by atoms with Gasteiger partial charge in [-0.05, 0) is 46.6 Å². The van der Waals surface area contributed by atoms with Crippen molar-refractivity contribution in [3.05, 3.63) is 0 Å². The lowest BCUT2D eigenvalue weighted by Crippen LogP contribution is -2.48. The molecule has 2 N–H and O–H groups in total. The van der Waals surface area contributed by atoms with E-state index in [2.05, 4.69) is 30.7 Å². The lowest BCUT2D eigenvalue weighted by atomic mass is 9.96. The Morgan fingerprint density at radius 3 is 2.58 bits per heavy atom. The van der Waals surface area contributed by atoms with Gasteiger partial charge in [0.25, 0.3) is 0 Å². The summed E-state index contributed by atoms with van der Waals surface area (Å²) in [5, 5.41) is 0. The first-order chi connectivity index (χ1) is 8.96. The maximum absolute atomic E-state index is 6.04. The van der Waals surface area contributed by atoms with Gasteiger partial charge >= 0.3 is 0 Å². The Bertz CT molecular complexity index is 295. The van der Waals surface area contributed by atoms with Crippen molar-refractivity contribution < 1.29 is 4.74 Å². The molecular weight excluding hydrogens is 238 g/mol. The molecule has 2 rings (SSSR count). The van der Waals surface area contributed by atoms with Crippen LogP contribution in [-0.4, -0.2) is 67.3 Å². The van der Waals surface area contributed by atoms with Gasteiger partial charge in [-0.15, -0.1) is 0 Å². The van der Waals surface area contributed by atoms with Gasteiger partial charge in [0, 0.05) is 44.9 Å².